The monoisotopic (exact) mass is 295 g/mol. The number of hydrogen-bond acceptors (Lipinski definition) is 4. The molecule has 2 aromatic rings. The molecule has 0 aromatic carbocycles. The molecule has 0 bridgehead atoms. The van der Waals surface area contributed by atoms with Crippen LogP contribution in [0.1, 0.15) is 26.7 Å². The summed E-state index contributed by atoms with van der Waals surface area (Å²) in [6.07, 6.45) is 2.31. The van der Waals surface area contributed by atoms with Crippen LogP contribution >= 0.6 is 12.2 Å². The molecule has 0 aliphatic carbocycles. The van der Waals surface area contributed by atoms with Gasteiger partial charge in [0, 0.05) is 19.2 Å². The quantitative estimate of drug-likeness (QED) is 0.629. The molecule has 2 heterocycles. The molecule has 5 nitrogen and oxygen atoms in total. The van der Waals surface area contributed by atoms with E-state index in [4.69, 9.17) is 21.7 Å². The zero-order chi connectivity index (χ0) is 14.5. The minimum Gasteiger partial charge on any atom is -0.481 e. The average molecular weight is 295 g/mol. The number of aromatic nitrogens is 3. The highest BCUT2D eigenvalue weighted by Gasteiger charge is 2.07. The molecule has 6 heteroatoms. The van der Waals surface area contributed by atoms with Gasteiger partial charge in [-0.15, -0.1) is 0 Å². The normalized spacial score (nSPS) is 11.4. The van der Waals surface area contributed by atoms with Crippen molar-refractivity contribution in [3.05, 3.63) is 16.9 Å². The molecule has 20 heavy (non-hydrogen) atoms. The first-order valence-corrected chi connectivity index (χ1v) is 7.28. The summed E-state index contributed by atoms with van der Waals surface area (Å²) in [6, 6.07) is 3.77. The van der Waals surface area contributed by atoms with E-state index < -0.39 is 0 Å². The number of hydrogen-bond donors (Lipinski definition) is 1. The number of aromatic amines is 1. The lowest BCUT2D eigenvalue weighted by atomic mass is 10.3. The molecule has 0 spiro atoms. The Morgan fingerprint density at radius 3 is 2.85 bits per heavy atom. The van der Waals surface area contributed by atoms with Crippen LogP contribution in [0.15, 0.2) is 12.1 Å². The number of fused-ring (bicyclic) bond motifs is 1. The van der Waals surface area contributed by atoms with Gasteiger partial charge in [-0.1, -0.05) is 0 Å². The maximum atomic E-state index is 5.54. The molecule has 0 saturated heterocycles. The van der Waals surface area contributed by atoms with Gasteiger partial charge >= 0.3 is 0 Å². The van der Waals surface area contributed by atoms with Crippen LogP contribution in [-0.4, -0.2) is 34.4 Å². The Morgan fingerprint density at radius 2 is 2.15 bits per heavy atom. The second-order valence-corrected chi connectivity index (χ2v) is 5.32. The summed E-state index contributed by atoms with van der Waals surface area (Å²) in [4.78, 5) is 7.62. The molecule has 1 N–H and O–H groups in total. The van der Waals surface area contributed by atoms with Gasteiger partial charge in [-0.05, 0) is 45.0 Å². The van der Waals surface area contributed by atoms with Crippen molar-refractivity contribution in [3.8, 4) is 5.88 Å². The first-order chi connectivity index (χ1) is 9.61. The number of ether oxygens (including phenoxy) is 2. The largest absolute Gasteiger partial charge is 0.481 e. The lowest BCUT2D eigenvalue weighted by Crippen LogP contribution is -2.06. The average Bonchev–Trinajstić information content (AvgIpc) is 2.73. The third kappa shape index (κ3) is 3.58. The van der Waals surface area contributed by atoms with Crippen molar-refractivity contribution in [3.63, 3.8) is 0 Å². The second-order valence-electron chi connectivity index (χ2n) is 4.93. The van der Waals surface area contributed by atoms with Crippen molar-refractivity contribution < 1.29 is 9.47 Å². The van der Waals surface area contributed by atoms with Gasteiger partial charge in [0.2, 0.25) is 5.88 Å². The molecule has 0 unspecified atom stereocenters. The van der Waals surface area contributed by atoms with E-state index in [0.717, 1.165) is 37.2 Å². The number of imidazole rings is 1. The van der Waals surface area contributed by atoms with E-state index in [1.54, 1.807) is 7.11 Å². The number of nitrogens with zero attached hydrogens (tertiary/aromatic N) is 2. The summed E-state index contributed by atoms with van der Waals surface area (Å²) in [6.45, 7) is 5.71. The molecule has 0 amide bonds. The highest BCUT2D eigenvalue weighted by Crippen LogP contribution is 2.17. The molecular weight excluding hydrogens is 274 g/mol. The Hall–Kier alpha value is -1.40. The number of aryl methyl sites for hydroxylation is 1. The fourth-order valence-electron chi connectivity index (χ4n) is 2.03. The highest BCUT2D eigenvalue weighted by atomic mass is 32.1. The molecule has 0 aliphatic heterocycles. The van der Waals surface area contributed by atoms with Crippen molar-refractivity contribution in [2.45, 2.75) is 39.3 Å². The Morgan fingerprint density at radius 1 is 1.35 bits per heavy atom. The summed E-state index contributed by atoms with van der Waals surface area (Å²) in [7, 11) is 1.61. The van der Waals surface area contributed by atoms with Gasteiger partial charge in [0.1, 0.15) is 0 Å². The van der Waals surface area contributed by atoms with Crippen LogP contribution in [0.2, 0.25) is 0 Å². The van der Waals surface area contributed by atoms with Gasteiger partial charge in [0.05, 0.1) is 18.7 Å². The first kappa shape index (κ1) is 15.0. The molecule has 0 atom stereocenters. The fourth-order valence-corrected chi connectivity index (χ4v) is 2.31. The number of H-pyrrole nitrogens is 1. The predicted octanol–water partition coefficient (Wildman–Crippen LogP) is 3.31. The smallest absolute Gasteiger partial charge is 0.215 e. The van der Waals surface area contributed by atoms with E-state index >= 15 is 0 Å². The van der Waals surface area contributed by atoms with Gasteiger partial charge in [0.25, 0.3) is 0 Å². The van der Waals surface area contributed by atoms with Gasteiger partial charge in [-0.25, -0.2) is 0 Å². The molecule has 2 rings (SSSR count). The number of pyridine rings is 1. The molecule has 0 aliphatic rings. The molecule has 0 saturated carbocycles. The maximum Gasteiger partial charge on any atom is 0.215 e. The SMILES string of the molecule is COc1ccc2[nH]c(=S)n(CCCCOC(C)C)c2n1. The highest BCUT2D eigenvalue weighted by molar-refractivity contribution is 7.71. The Balaban J connectivity index is 2.05. The summed E-state index contributed by atoms with van der Waals surface area (Å²) >= 11 is 5.35. The first-order valence-electron chi connectivity index (χ1n) is 6.87. The summed E-state index contributed by atoms with van der Waals surface area (Å²) in [5, 5.41) is 0. The molecule has 0 fully saturated rings. The van der Waals surface area contributed by atoms with Crippen LogP contribution in [0, 0.1) is 4.77 Å². The van der Waals surface area contributed by atoms with Crippen LogP contribution in [0.25, 0.3) is 11.2 Å². The molecule has 110 valence electrons. The van der Waals surface area contributed by atoms with Gasteiger partial charge in [-0.2, -0.15) is 4.98 Å². The van der Waals surface area contributed by atoms with E-state index in [-0.39, 0.29) is 6.10 Å². The third-order valence-electron chi connectivity index (χ3n) is 3.03. The molecule has 0 radical (unpaired) electrons. The van der Waals surface area contributed by atoms with Crippen molar-refractivity contribution >= 4 is 23.4 Å². The van der Waals surface area contributed by atoms with Crippen LogP contribution in [-0.2, 0) is 11.3 Å². The van der Waals surface area contributed by atoms with E-state index in [1.165, 1.54) is 0 Å². The van der Waals surface area contributed by atoms with Crippen LogP contribution in [0.5, 0.6) is 5.88 Å². The van der Waals surface area contributed by atoms with Crippen LogP contribution in [0.4, 0.5) is 0 Å². The van der Waals surface area contributed by atoms with Crippen molar-refractivity contribution in [2.24, 2.45) is 0 Å². The lowest BCUT2D eigenvalue weighted by molar-refractivity contribution is 0.0754. The standard InChI is InChI=1S/C14H21N3O2S/c1-10(2)19-9-5-4-8-17-13-11(15-14(17)20)6-7-12(16-13)18-3/h6-7,10H,4-5,8-9H2,1-3H3,(H,15,20). The zero-order valence-corrected chi connectivity index (χ0v) is 13.0. The Kier molecular flexibility index (Phi) is 5.14. The zero-order valence-electron chi connectivity index (χ0n) is 12.2. The maximum absolute atomic E-state index is 5.54. The van der Waals surface area contributed by atoms with Gasteiger partial charge < -0.3 is 19.0 Å². The molecular formula is C14H21N3O2S. The van der Waals surface area contributed by atoms with E-state index in [0.29, 0.717) is 10.7 Å². The Bertz CT molecular complexity index is 618. The minimum atomic E-state index is 0.288. The number of nitrogens with one attached hydrogen (secondary N) is 1. The van der Waals surface area contributed by atoms with E-state index in [9.17, 15) is 0 Å². The van der Waals surface area contributed by atoms with Crippen molar-refractivity contribution in [1.82, 2.24) is 14.5 Å². The topological polar surface area (TPSA) is 52.1 Å². The Labute approximate surface area is 123 Å². The van der Waals surface area contributed by atoms with Crippen molar-refractivity contribution in [1.29, 1.82) is 0 Å². The fraction of sp³-hybridized carbons (Fsp3) is 0.571. The second kappa shape index (κ2) is 6.85. The van der Waals surface area contributed by atoms with Crippen LogP contribution < -0.4 is 4.74 Å². The summed E-state index contributed by atoms with van der Waals surface area (Å²) in [5.74, 6) is 0.600. The lowest BCUT2D eigenvalue weighted by Gasteiger charge is -2.08. The van der Waals surface area contributed by atoms with E-state index in [1.807, 2.05) is 30.5 Å². The predicted molar refractivity (Wildman–Crippen MR) is 81.8 cm³/mol. The third-order valence-corrected chi connectivity index (χ3v) is 3.35. The van der Waals surface area contributed by atoms with Crippen LogP contribution in [0.3, 0.4) is 0 Å². The van der Waals surface area contributed by atoms with Gasteiger partial charge in [-0.3, -0.25) is 0 Å². The number of unbranched alkanes of at least 4 members (excludes halogenated alkanes) is 1. The number of rotatable bonds is 7. The summed E-state index contributed by atoms with van der Waals surface area (Å²) in [5.41, 5.74) is 1.79. The molecule has 2 aromatic heterocycles. The van der Waals surface area contributed by atoms with Gasteiger partial charge in [0.15, 0.2) is 10.4 Å². The van der Waals surface area contributed by atoms with Crippen molar-refractivity contribution in [2.75, 3.05) is 13.7 Å². The van der Waals surface area contributed by atoms with E-state index in [2.05, 4.69) is 9.97 Å². The summed E-state index contributed by atoms with van der Waals surface area (Å²) < 4.78 is 13.4. The number of methoxy groups -OCH3 is 1. The minimum absolute atomic E-state index is 0.288.